The molecule has 1 fully saturated rings. The van der Waals surface area contributed by atoms with Crippen molar-refractivity contribution in [2.24, 2.45) is 4.99 Å². The maximum Gasteiger partial charge on any atom is 0.191 e. The summed E-state index contributed by atoms with van der Waals surface area (Å²) in [6.07, 6.45) is 4.46. The molecule has 2 atom stereocenters. The summed E-state index contributed by atoms with van der Waals surface area (Å²) in [5.41, 5.74) is 1.17. The van der Waals surface area contributed by atoms with Gasteiger partial charge in [0.25, 0.3) is 0 Å². The van der Waals surface area contributed by atoms with Gasteiger partial charge in [-0.2, -0.15) is 0 Å². The number of rotatable bonds is 11. The maximum absolute atomic E-state index is 5.65. The van der Waals surface area contributed by atoms with E-state index in [1.54, 1.807) is 0 Å². The molecule has 1 aliphatic heterocycles. The van der Waals surface area contributed by atoms with Gasteiger partial charge < -0.3 is 25.2 Å². The number of halogens is 1. The van der Waals surface area contributed by atoms with Crippen LogP contribution in [0.1, 0.15) is 53.0 Å². The van der Waals surface area contributed by atoms with E-state index in [-0.39, 0.29) is 30.1 Å². The van der Waals surface area contributed by atoms with Crippen molar-refractivity contribution in [2.75, 3.05) is 50.8 Å². The van der Waals surface area contributed by atoms with E-state index in [1.165, 1.54) is 12.0 Å². The molecule has 1 aromatic rings. The number of morpholine rings is 1. The van der Waals surface area contributed by atoms with E-state index in [1.807, 2.05) is 12.3 Å². The molecular weight excluding hydrogens is 503 g/mol. The molecule has 8 heteroatoms. The van der Waals surface area contributed by atoms with E-state index in [4.69, 9.17) is 9.73 Å². The highest BCUT2D eigenvalue weighted by atomic mass is 127. The highest BCUT2D eigenvalue weighted by molar-refractivity contribution is 14.0. The average Bonchev–Trinajstić information content (AvgIpc) is 2.75. The number of aromatic nitrogens is 1. The van der Waals surface area contributed by atoms with Gasteiger partial charge in [-0.1, -0.05) is 13.8 Å². The molecule has 2 N–H and O–H groups in total. The summed E-state index contributed by atoms with van der Waals surface area (Å²) in [5.74, 6) is 1.90. The van der Waals surface area contributed by atoms with Crippen molar-refractivity contribution in [2.45, 2.75) is 66.2 Å². The third-order valence-corrected chi connectivity index (χ3v) is 5.53. The van der Waals surface area contributed by atoms with Crippen LogP contribution < -0.4 is 15.5 Å². The topological polar surface area (TPSA) is 65.0 Å². The molecule has 0 bridgehead atoms. The molecule has 0 saturated carbocycles. The number of pyridine rings is 1. The van der Waals surface area contributed by atoms with Gasteiger partial charge >= 0.3 is 0 Å². The molecule has 2 heterocycles. The van der Waals surface area contributed by atoms with Crippen molar-refractivity contribution in [3.05, 3.63) is 23.9 Å². The molecule has 1 aliphatic rings. The van der Waals surface area contributed by atoms with Crippen LogP contribution in [0.2, 0.25) is 0 Å². The molecule has 1 aromatic heterocycles. The van der Waals surface area contributed by atoms with E-state index in [0.29, 0.717) is 12.6 Å². The normalized spacial score (nSPS) is 17.9. The van der Waals surface area contributed by atoms with Crippen molar-refractivity contribution < 1.29 is 4.74 Å². The zero-order chi connectivity index (χ0) is 21.8. The van der Waals surface area contributed by atoms with Crippen LogP contribution in [-0.2, 0) is 11.3 Å². The second-order valence-electron chi connectivity index (χ2n) is 8.06. The Morgan fingerprint density at radius 3 is 2.81 bits per heavy atom. The predicted molar refractivity (Wildman–Crippen MR) is 142 cm³/mol. The minimum Gasteiger partial charge on any atom is -0.375 e. The fourth-order valence-corrected chi connectivity index (χ4v) is 3.72. The van der Waals surface area contributed by atoms with Gasteiger partial charge in [0, 0.05) is 31.9 Å². The van der Waals surface area contributed by atoms with Gasteiger partial charge in [0.2, 0.25) is 0 Å². The van der Waals surface area contributed by atoms with Crippen molar-refractivity contribution in [3.8, 4) is 0 Å². The molecule has 31 heavy (non-hydrogen) atoms. The summed E-state index contributed by atoms with van der Waals surface area (Å²) in [5, 5.41) is 6.93. The van der Waals surface area contributed by atoms with E-state index in [2.05, 4.69) is 66.1 Å². The van der Waals surface area contributed by atoms with Crippen molar-refractivity contribution >= 4 is 35.8 Å². The van der Waals surface area contributed by atoms with Gasteiger partial charge in [0.05, 0.1) is 19.3 Å². The summed E-state index contributed by atoms with van der Waals surface area (Å²) >= 11 is 0. The number of anilines is 1. The monoisotopic (exact) mass is 546 g/mol. The van der Waals surface area contributed by atoms with Gasteiger partial charge in [-0.05, 0) is 70.9 Å². The van der Waals surface area contributed by atoms with Crippen molar-refractivity contribution in [1.29, 1.82) is 0 Å². The number of guanidine groups is 1. The second-order valence-corrected chi connectivity index (χ2v) is 8.06. The molecule has 7 nitrogen and oxygen atoms in total. The number of nitrogens with one attached hydrogen (secondary N) is 2. The summed E-state index contributed by atoms with van der Waals surface area (Å²) in [7, 11) is 0. The number of ether oxygens (including phenoxy) is 1. The molecule has 1 saturated heterocycles. The molecule has 0 aromatic carbocycles. The molecule has 2 unspecified atom stereocenters. The van der Waals surface area contributed by atoms with Crippen LogP contribution in [0.3, 0.4) is 0 Å². The van der Waals surface area contributed by atoms with E-state index < -0.39 is 0 Å². The quantitative estimate of drug-likeness (QED) is 0.252. The van der Waals surface area contributed by atoms with Crippen LogP contribution in [0.15, 0.2) is 23.3 Å². The Balaban J connectivity index is 0.00000480. The molecular formula is C23H43IN6O. The average molecular weight is 547 g/mol. The highest BCUT2D eigenvalue weighted by Crippen LogP contribution is 2.17. The third-order valence-electron chi connectivity index (χ3n) is 5.53. The van der Waals surface area contributed by atoms with Crippen LogP contribution in [0.25, 0.3) is 0 Å². The highest BCUT2D eigenvalue weighted by Gasteiger charge is 2.18. The van der Waals surface area contributed by atoms with Gasteiger partial charge in [-0.25, -0.2) is 9.98 Å². The zero-order valence-electron chi connectivity index (χ0n) is 20.1. The lowest BCUT2D eigenvalue weighted by atomic mass is 10.2. The first-order valence-corrected chi connectivity index (χ1v) is 11.6. The van der Waals surface area contributed by atoms with E-state index >= 15 is 0 Å². The first kappa shape index (κ1) is 27.9. The second kappa shape index (κ2) is 15.6. The van der Waals surface area contributed by atoms with Crippen molar-refractivity contribution in [1.82, 2.24) is 20.5 Å². The fraction of sp³-hybridized carbons (Fsp3) is 0.739. The van der Waals surface area contributed by atoms with Crippen LogP contribution in [0, 0.1) is 0 Å². The Bertz CT molecular complexity index is 640. The SMILES string of the molecule is CCNC(=NCc1ccnc(N2CCOC(C)C2)c1)NC(C)CCCN(CC)CC.I. The maximum atomic E-state index is 5.65. The fourth-order valence-electron chi connectivity index (χ4n) is 3.72. The standard InChI is InChI=1S/C23H42N6O.HI/c1-6-24-23(27-19(4)10-9-13-28(7-2)8-3)26-17-21-11-12-25-22(16-21)29-14-15-30-20(5)18-29;/h11-12,16,19-20H,6-10,13-15,17-18H2,1-5H3,(H2,24,26,27);1H. The zero-order valence-corrected chi connectivity index (χ0v) is 22.4. The Morgan fingerprint density at radius 2 is 2.13 bits per heavy atom. The Morgan fingerprint density at radius 1 is 1.35 bits per heavy atom. The summed E-state index contributed by atoms with van der Waals surface area (Å²) < 4.78 is 5.65. The number of nitrogens with zero attached hydrogens (tertiary/aromatic N) is 4. The largest absolute Gasteiger partial charge is 0.375 e. The van der Waals surface area contributed by atoms with Gasteiger partial charge in [-0.15, -0.1) is 24.0 Å². The molecule has 0 amide bonds. The Labute approximate surface area is 206 Å². The van der Waals surface area contributed by atoms with Crippen LogP contribution in [0.4, 0.5) is 5.82 Å². The molecule has 0 aliphatic carbocycles. The van der Waals surface area contributed by atoms with Gasteiger partial charge in [0.1, 0.15) is 5.82 Å². The van der Waals surface area contributed by atoms with E-state index in [9.17, 15) is 0 Å². The van der Waals surface area contributed by atoms with Gasteiger partial charge in [0.15, 0.2) is 5.96 Å². The lowest BCUT2D eigenvalue weighted by molar-refractivity contribution is 0.0529. The Hall–Kier alpha value is -1.13. The first-order chi connectivity index (χ1) is 14.5. The van der Waals surface area contributed by atoms with E-state index in [0.717, 1.165) is 64.1 Å². The number of aliphatic imine (C=N–C) groups is 1. The molecule has 0 radical (unpaired) electrons. The first-order valence-electron chi connectivity index (χ1n) is 11.6. The molecule has 178 valence electrons. The summed E-state index contributed by atoms with van der Waals surface area (Å²) in [6, 6.07) is 4.59. The minimum atomic E-state index is 0. The lowest BCUT2D eigenvalue weighted by Gasteiger charge is -2.32. The van der Waals surface area contributed by atoms with Crippen LogP contribution in [0.5, 0.6) is 0 Å². The molecule has 2 rings (SSSR count). The predicted octanol–water partition coefficient (Wildman–Crippen LogP) is 3.49. The van der Waals surface area contributed by atoms with Gasteiger partial charge in [-0.3, -0.25) is 0 Å². The van der Waals surface area contributed by atoms with Crippen LogP contribution in [-0.4, -0.2) is 73.9 Å². The minimum absolute atomic E-state index is 0. The van der Waals surface area contributed by atoms with Crippen molar-refractivity contribution in [3.63, 3.8) is 0 Å². The third kappa shape index (κ3) is 10.4. The smallest absolute Gasteiger partial charge is 0.191 e. The number of hydrogen-bond donors (Lipinski definition) is 2. The Kier molecular flexibility index (Phi) is 14.1. The van der Waals surface area contributed by atoms with Crippen LogP contribution >= 0.6 is 24.0 Å². The molecule has 0 spiro atoms. The number of hydrogen-bond acceptors (Lipinski definition) is 5. The summed E-state index contributed by atoms with van der Waals surface area (Å²) in [6.45, 7) is 18.3. The lowest BCUT2D eigenvalue weighted by Crippen LogP contribution is -2.42. The summed E-state index contributed by atoms with van der Waals surface area (Å²) in [4.78, 5) is 14.1.